The van der Waals surface area contributed by atoms with Gasteiger partial charge in [0.25, 0.3) is 5.91 Å². The molecule has 0 bridgehead atoms. The van der Waals surface area contributed by atoms with E-state index < -0.39 is 18.0 Å². The summed E-state index contributed by atoms with van der Waals surface area (Å²) in [6, 6.07) is 10.3. The molecule has 130 valence electrons. The van der Waals surface area contributed by atoms with Crippen LogP contribution in [0.3, 0.4) is 0 Å². The molecule has 0 spiro atoms. The first-order chi connectivity index (χ1) is 11.9. The van der Waals surface area contributed by atoms with Crippen LogP contribution < -0.4 is 5.32 Å². The summed E-state index contributed by atoms with van der Waals surface area (Å²) < 4.78 is 5.27. The fraction of sp³-hybridized carbons (Fsp3) is 0.316. The molecule has 6 heteroatoms. The summed E-state index contributed by atoms with van der Waals surface area (Å²) in [7, 11) is 0. The molecule has 25 heavy (non-hydrogen) atoms. The topological polar surface area (TPSA) is 79.2 Å². The molecule has 5 nitrogen and oxygen atoms in total. The first-order valence-corrected chi connectivity index (χ1v) is 8.87. The summed E-state index contributed by atoms with van der Waals surface area (Å²) in [6.07, 6.45) is 1.01. The Hall–Kier alpha value is -2.65. The van der Waals surface area contributed by atoms with Gasteiger partial charge in [0.05, 0.1) is 11.6 Å². The van der Waals surface area contributed by atoms with Crippen LogP contribution in [0.1, 0.15) is 45.9 Å². The Labute approximate surface area is 151 Å². The van der Waals surface area contributed by atoms with Crippen molar-refractivity contribution in [3.63, 3.8) is 0 Å². The Morgan fingerprint density at radius 2 is 2.00 bits per heavy atom. The van der Waals surface area contributed by atoms with E-state index in [0.717, 1.165) is 23.3 Å². The predicted molar refractivity (Wildman–Crippen MR) is 97.7 cm³/mol. The van der Waals surface area contributed by atoms with Crippen LogP contribution in [0.2, 0.25) is 0 Å². The highest BCUT2D eigenvalue weighted by molar-refractivity contribution is 7.14. The fourth-order valence-corrected chi connectivity index (χ4v) is 3.24. The van der Waals surface area contributed by atoms with Crippen LogP contribution in [0, 0.1) is 18.3 Å². The summed E-state index contributed by atoms with van der Waals surface area (Å²) in [6.45, 7) is 5.60. The number of nitrogens with one attached hydrogen (secondary N) is 1. The molecule has 1 aromatic carbocycles. The molecule has 0 saturated heterocycles. The van der Waals surface area contributed by atoms with E-state index in [0.29, 0.717) is 16.1 Å². The molecule has 1 atom stereocenters. The maximum absolute atomic E-state index is 12.2. The lowest BCUT2D eigenvalue weighted by atomic mass is 10.1. The Morgan fingerprint density at radius 1 is 1.32 bits per heavy atom. The van der Waals surface area contributed by atoms with Crippen molar-refractivity contribution in [3.05, 3.63) is 51.2 Å². The molecule has 0 aliphatic carbocycles. The highest BCUT2D eigenvalue weighted by Crippen LogP contribution is 2.24. The first kappa shape index (κ1) is 18.7. The minimum absolute atomic E-state index is 0.417. The standard InChI is InChI=1S/C19H20N2O3S/c1-4-5-15-10-17(25-13(15)3)19(23)24-12(2)18(22)21-16-8-6-14(11-20)7-9-16/h6-10,12H,4-5H2,1-3H3,(H,21,22)/t12-/m1/s1. The number of carbonyl (C=O) groups excluding carboxylic acids is 2. The highest BCUT2D eigenvalue weighted by atomic mass is 32.1. The number of esters is 1. The van der Waals surface area contributed by atoms with Gasteiger partial charge < -0.3 is 10.1 Å². The Balaban J connectivity index is 1.96. The van der Waals surface area contributed by atoms with Gasteiger partial charge in [0.15, 0.2) is 6.10 Å². The van der Waals surface area contributed by atoms with Crippen LogP contribution in [0.15, 0.2) is 30.3 Å². The smallest absolute Gasteiger partial charge is 0.349 e. The maximum Gasteiger partial charge on any atom is 0.349 e. The molecule has 0 unspecified atom stereocenters. The zero-order valence-corrected chi connectivity index (χ0v) is 15.3. The van der Waals surface area contributed by atoms with Gasteiger partial charge in [0, 0.05) is 10.6 Å². The summed E-state index contributed by atoms with van der Waals surface area (Å²) in [5, 5.41) is 11.4. The first-order valence-electron chi connectivity index (χ1n) is 8.06. The van der Waals surface area contributed by atoms with Crippen LogP contribution in [-0.2, 0) is 16.0 Å². The average Bonchev–Trinajstić information content (AvgIpc) is 2.97. The van der Waals surface area contributed by atoms with Crippen molar-refractivity contribution in [2.75, 3.05) is 5.32 Å². The number of carbonyl (C=O) groups is 2. The van der Waals surface area contributed by atoms with Gasteiger partial charge in [-0.3, -0.25) is 4.79 Å². The van der Waals surface area contributed by atoms with E-state index in [4.69, 9.17) is 10.00 Å². The molecule has 0 saturated carbocycles. The fourth-order valence-electron chi connectivity index (χ4n) is 2.28. The number of aryl methyl sites for hydroxylation is 2. The van der Waals surface area contributed by atoms with E-state index in [2.05, 4.69) is 12.2 Å². The van der Waals surface area contributed by atoms with Crippen LogP contribution in [0.4, 0.5) is 5.69 Å². The van der Waals surface area contributed by atoms with Crippen molar-refractivity contribution >= 4 is 28.9 Å². The van der Waals surface area contributed by atoms with Crippen molar-refractivity contribution in [3.8, 4) is 6.07 Å². The van der Waals surface area contributed by atoms with E-state index in [1.165, 1.54) is 18.3 Å². The van der Waals surface area contributed by atoms with E-state index in [1.54, 1.807) is 24.3 Å². The number of nitriles is 1. The normalized spacial score (nSPS) is 11.4. The number of ether oxygens (including phenoxy) is 1. The summed E-state index contributed by atoms with van der Waals surface area (Å²) in [5.41, 5.74) is 2.20. The maximum atomic E-state index is 12.2. The molecule has 1 aromatic heterocycles. The Bertz CT molecular complexity index is 803. The van der Waals surface area contributed by atoms with E-state index in [1.807, 2.05) is 19.1 Å². The van der Waals surface area contributed by atoms with Gasteiger partial charge in [-0.15, -0.1) is 11.3 Å². The highest BCUT2D eigenvalue weighted by Gasteiger charge is 2.21. The largest absolute Gasteiger partial charge is 0.448 e. The average molecular weight is 356 g/mol. The SMILES string of the molecule is CCCc1cc(C(=O)O[C@H](C)C(=O)Nc2ccc(C#N)cc2)sc1C. The number of thiophene rings is 1. The molecule has 1 heterocycles. The number of rotatable bonds is 6. The van der Waals surface area contributed by atoms with Crippen LogP contribution >= 0.6 is 11.3 Å². The minimum Gasteiger partial charge on any atom is -0.448 e. The van der Waals surface area contributed by atoms with Gasteiger partial charge in [-0.1, -0.05) is 13.3 Å². The van der Waals surface area contributed by atoms with Gasteiger partial charge in [-0.05, 0) is 56.2 Å². The molecule has 0 fully saturated rings. The van der Waals surface area contributed by atoms with Gasteiger partial charge in [0.1, 0.15) is 4.88 Å². The quantitative estimate of drug-likeness (QED) is 0.792. The number of nitrogens with zero attached hydrogens (tertiary/aromatic N) is 1. The summed E-state index contributed by atoms with van der Waals surface area (Å²) in [5.74, 6) is -0.905. The second-order valence-electron chi connectivity index (χ2n) is 5.67. The van der Waals surface area contributed by atoms with Gasteiger partial charge in [-0.2, -0.15) is 5.26 Å². The van der Waals surface area contributed by atoms with E-state index >= 15 is 0 Å². The molecule has 0 aliphatic rings. The minimum atomic E-state index is -0.917. The van der Waals surface area contributed by atoms with Crippen molar-refractivity contribution < 1.29 is 14.3 Å². The van der Waals surface area contributed by atoms with Crippen molar-refractivity contribution in [2.24, 2.45) is 0 Å². The predicted octanol–water partition coefficient (Wildman–Crippen LogP) is 4.06. The third-order valence-corrected chi connectivity index (χ3v) is 4.75. The van der Waals surface area contributed by atoms with Crippen LogP contribution in [0.25, 0.3) is 0 Å². The van der Waals surface area contributed by atoms with Crippen molar-refractivity contribution in [2.45, 2.75) is 39.7 Å². The number of hydrogen-bond donors (Lipinski definition) is 1. The zero-order chi connectivity index (χ0) is 18.4. The monoisotopic (exact) mass is 356 g/mol. The number of amides is 1. The lowest BCUT2D eigenvalue weighted by Gasteiger charge is -2.13. The summed E-state index contributed by atoms with van der Waals surface area (Å²) >= 11 is 1.39. The lowest BCUT2D eigenvalue weighted by Crippen LogP contribution is -2.29. The van der Waals surface area contributed by atoms with Gasteiger partial charge in [0.2, 0.25) is 0 Å². The molecule has 0 aliphatic heterocycles. The zero-order valence-electron chi connectivity index (χ0n) is 14.5. The van der Waals surface area contributed by atoms with E-state index in [-0.39, 0.29) is 0 Å². The van der Waals surface area contributed by atoms with Crippen molar-refractivity contribution in [1.29, 1.82) is 5.26 Å². The molecule has 2 rings (SSSR count). The molecular weight excluding hydrogens is 336 g/mol. The number of benzene rings is 1. The third-order valence-electron chi connectivity index (χ3n) is 3.68. The van der Waals surface area contributed by atoms with Gasteiger partial charge in [-0.25, -0.2) is 4.79 Å². The van der Waals surface area contributed by atoms with Crippen LogP contribution in [-0.4, -0.2) is 18.0 Å². The summed E-state index contributed by atoms with van der Waals surface area (Å²) in [4.78, 5) is 26.0. The molecule has 0 radical (unpaired) electrons. The molecule has 1 amide bonds. The number of anilines is 1. The third kappa shape index (κ3) is 4.91. The van der Waals surface area contributed by atoms with E-state index in [9.17, 15) is 9.59 Å². The molecular formula is C19H20N2O3S. The number of hydrogen-bond acceptors (Lipinski definition) is 5. The Kier molecular flexibility index (Phi) is 6.31. The Morgan fingerprint density at radius 3 is 2.60 bits per heavy atom. The lowest BCUT2D eigenvalue weighted by molar-refractivity contribution is -0.123. The second-order valence-corrected chi connectivity index (χ2v) is 6.92. The molecule has 1 N–H and O–H groups in total. The van der Waals surface area contributed by atoms with Crippen molar-refractivity contribution in [1.82, 2.24) is 0 Å². The van der Waals surface area contributed by atoms with Gasteiger partial charge >= 0.3 is 5.97 Å². The second kappa shape index (κ2) is 8.45. The molecule has 2 aromatic rings. The van der Waals surface area contributed by atoms with Crippen LogP contribution in [0.5, 0.6) is 0 Å².